The fourth-order valence-corrected chi connectivity index (χ4v) is 7.75. The van der Waals surface area contributed by atoms with Crippen LogP contribution in [0.5, 0.6) is 0 Å². The molecule has 0 aliphatic carbocycles. The van der Waals surface area contributed by atoms with Crippen LogP contribution in [0.1, 0.15) is 33.4 Å². The van der Waals surface area contributed by atoms with Gasteiger partial charge in [-0.25, -0.2) is 4.57 Å². The summed E-state index contributed by atoms with van der Waals surface area (Å²) in [6.45, 7) is 1.06. The molecule has 0 bridgehead atoms. The van der Waals surface area contributed by atoms with Crippen molar-refractivity contribution in [2.75, 3.05) is 6.61 Å². The standard InChI is InChI=1S/C48H49O9P/c49-58(54-35-42-27-15-5-16-28-42,55-36-43-29-17-6-18-30-43)57-48-47(53-34-41-25-13-4-14-26-41)46(52-33-40-23-11-3-12-24-40)45(51-32-39-21-9-2-10-22-39)44(56-48)37-50-31-38-19-7-1-8-20-38/h1-30,44-48H,31-37H2/t44-,45-,46+,47-,48?/m1/s1. The summed E-state index contributed by atoms with van der Waals surface area (Å²) in [5.41, 5.74) is 5.43. The first-order valence-electron chi connectivity index (χ1n) is 19.5. The molecular formula is C48H49O9P. The second-order valence-electron chi connectivity index (χ2n) is 13.9. The molecule has 0 aromatic heterocycles. The van der Waals surface area contributed by atoms with Crippen LogP contribution in [0.4, 0.5) is 0 Å². The Morgan fingerprint density at radius 2 is 0.724 bits per heavy atom. The van der Waals surface area contributed by atoms with Crippen molar-refractivity contribution in [2.24, 2.45) is 0 Å². The zero-order valence-corrected chi connectivity index (χ0v) is 33.2. The Kier molecular flexibility index (Phi) is 15.6. The van der Waals surface area contributed by atoms with Crippen LogP contribution in [0, 0.1) is 0 Å². The minimum absolute atomic E-state index is 0.0322. The number of phosphoric acid groups is 1. The minimum atomic E-state index is -4.38. The normalized spacial score (nSPS) is 19.5. The van der Waals surface area contributed by atoms with Crippen molar-refractivity contribution >= 4 is 7.82 Å². The van der Waals surface area contributed by atoms with Gasteiger partial charge in [0.2, 0.25) is 0 Å². The summed E-state index contributed by atoms with van der Waals surface area (Å²) < 4.78 is 67.0. The average Bonchev–Trinajstić information content (AvgIpc) is 3.28. The van der Waals surface area contributed by atoms with Gasteiger partial charge in [0, 0.05) is 0 Å². The van der Waals surface area contributed by atoms with E-state index >= 15 is 0 Å². The summed E-state index contributed by atoms with van der Waals surface area (Å²) in [6, 6.07) is 58.4. The smallest absolute Gasteiger partial charge is 0.374 e. The van der Waals surface area contributed by atoms with Crippen LogP contribution in [-0.2, 0) is 81.5 Å². The number of hydrogen-bond donors (Lipinski definition) is 0. The molecule has 0 saturated carbocycles. The Bertz CT molecular complexity index is 2030. The maximum Gasteiger partial charge on any atom is 0.477 e. The molecule has 7 rings (SSSR count). The fraction of sp³-hybridized carbons (Fsp3) is 0.250. The van der Waals surface area contributed by atoms with Gasteiger partial charge < -0.3 is 23.7 Å². The fourth-order valence-electron chi connectivity index (χ4n) is 6.51. The van der Waals surface area contributed by atoms with Crippen LogP contribution >= 0.6 is 7.82 Å². The van der Waals surface area contributed by atoms with Crippen LogP contribution < -0.4 is 0 Å². The molecule has 1 heterocycles. The summed E-state index contributed by atoms with van der Waals surface area (Å²) in [4.78, 5) is 0. The zero-order valence-electron chi connectivity index (χ0n) is 32.3. The third kappa shape index (κ3) is 12.6. The molecule has 58 heavy (non-hydrogen) atoms. The molecule has 5 atom stereocenters. The molecule has 300 valence electrons. The first-order chi connectivity index (χ1) is 28.6. The van der Waals surface area contributed by atoms with Crippen molar-refractivity contribution in [3.05, 3.63) is 215 Å². The molecule has 1 aliphatic rings. The van der Waals surface area contributed by atoms with Gasteiger partial charge in [0.25, 0.3) is 0 Å². The van der Waals surface area contributed by atoms with Crippen molar-refractivity contribution in [3.63, 3.8) is 0 Å². The number of benzene rings is 6. The summed E-state index contributed by atoms with van der Waals surface area (Å²) >= 11 is 0. The summed E-state index contributed by atoms with van der Waals surface area (Å²) in [5.74, 6) is 0. The number of ether oxygens (including phenoxy) is 5. The topological polar surface area (TPSA) is 90.9 Å². The second kappa shape index (κ2) is 21.8. The lowest BCUT2D eigenvalue weighted by Crippen LogP contribution is -2.61. The van der Waals surface area contributed by atoms with E-state index in [1.807, 2.05) is 182 Å². The Balaban J connectivity index is 1.23. The Morgan fingerprint density at radius 1 is 0.397 bits per heavy atom. The van der Waals surface area contributed by atoms with Gasteiger partial charge >= 0.3 is 7.82 Å². The lowest BCUT2D eigenvalue weighted by molar-refractivity contribution is -0.313. The van der Waals surface area contributed by atoms with Gasteiger partial charge in [-0.1, -0.05) is 182 Å². The largest absolute Gasteiger partial charge is 0.477 e. The van der Waals surface area contributed by atoms with Gasteiger partial charge in [-0.2, -0.15) is 0 Å². The molecule has 0 amide bonds. The molecule has 6 aromatic carbocycles. The van der Waals surface area contributed by atoms with E-state index in [1.54, 1.807) is 0 Å². The van der Waals surface area contributed by atoms with Crippen LogP contribution in [0.15, 0.2) is 182 Å². The quantitative estimate of drug-likeness (QED) is 0.0660. The van der Waals surface area contributed by atoms with Crippen LogP contribution in [0.25, 0.3) is 0 Å². The SMILES string of the molecule is O=P(OCc1ccccc1)(OCc1ccccc1)OC1O[C@H](COCc2ccccc2)[C@@H](OCc2ccccc2)[C@H](OCc2ccccc2)[C@H]1OCc1ccccc1. The van der Waals surface area contributed by atoms with E-state index in [0.29, 0.717) is 6.61 Å². The highest BCUT2D eigenvalue weighted by Crippen LogP contribution is 2.54. The molecule has 6 aromatic rings. The molecule has 1 unspecified atom stereocenters. The van der Waals surface area contributed by atoms with Crippen molar-refractivity contribution in [3.8, 4) is 0 Å². The third-order valence-electron chi connectivity index (χ3n) is 9.54. The van der Waals surface area contributed by atoms with Gasteiger partial charge in [-0.15, -0.1) is 0 Å². The predicted octanol–water partition coefficient (Wildman–Crippen LogP) is 10.2. The lowest BCUT2D eigenvalue weighted by Gasteiger charge is -2.46. The highest BCUT2D eigenvalue weighted by atomic mass is 31.2. The third-order valence-corrected chi connectivity index (χ3v) is 10.9. The van der Waals surface area contributed by atoms with E-state index in [9.17, 15) is 4.57 Å². The van der Waals surface area contributed by atoms with E-state index in [-0.39, 0.29) is 39.6 Å². The molecule has 0 N–H and O–H groups in total. The van der Waals surface area contributed by atoms with E-state index in [4.69, 9.17) is 37.3 Å². The average molecular weight is 801 g/mol. The zero-order chi connectivity index (χ0) is 39.7. The van der Waals surface area contributed by atoms with Gasteiger partial charge in [0.05, 0.1) is 46.2 Å². The maximum absolute atomic E-state index is 14.9. The maximum atomic E-state index is 14.9. The molecule has 1 fully saturated rings. The minimum Gasteiger partial charge on any atom is -0.374 e. The van der Waals surface area contributed by atoms with Crippen LogP contribution in [0.3, 0.4) is 0 Å². The highest BCUT2D eigenvalue weighted by Gasteiger charge is 2.51. The summed E-state index contributed by atoms with van der Waals surface area (Å²) in [5, 5.41) is 0. The molecule has 1 aliphatic heterocycles. The Labute approximate surface area is 341 Å². The van der Waals surface area contributed by atoms with Crippen LogP contribution in [0.2, 0.25) is 0 Å². The van der Waals surface area contributed by atoms with Crippen LogP contribution in [-0.4, -0.2) is 37.3 Å². The molecule has 1 saturated heterocycles. The molecular weight excluding hydrogens is 751 g/mol. The second-order valence-corrected chi connectivity index (χ2v) is 15.5. The molecule has 0 radical (unpaired) electrons. The molecule has 0 spiro atoms. The first-order valence-corrected chi connectivity index (χ1v) is 21.0. The van der Waals surface area contributed by atoms with E-state index in [2.05, 4.69) is 0 Å². The highest BCUT2D eigenvalue weighted by molar-refractivity contribution is 7.48. The number of rotatable bonds is 21. The molecule has 9 nitrogen and oxygen atoms in total. The Morgan fingerprint density at radius 3 is 1.12 bits per heavy atom. The predicted molar refractivity (Wildman–Crippen MR) is 221 cm³/mol. The summed E-state index contributed by atoms with van der Waals surface area (Å²) in [6.07, 6.45) is -4.54. The lowest BCUT2D eigenvalue weighted by atomic mass is 9.98. The van der Waals surface area contributed by atoms with Gasteiger partial charge in [0.15, 0.2) is 6.29 Å². The monoisotopic (exact) mass is 800 g/mol. The van der Waals surface area contributed by atoms with Gasteiger partial charge in [-0.05, 0) is 33.4 Å². The van der Waals surface area contributed by atoms with E-state index in [0.717, 1.165) is 33.4 Å². The summed E-state index contributed by atoms with van der Waals surface area (Å²) in [7, 11) is -4.38. The van der Waals surface area contributed by atoms with E-state index in [1.165, 1.54) is 0 Å². The van der Waals surface area contributed by atoms with Gasteiger partial charge in [0.1, 0.15) is 24.4 Å². The van der Waals surface area contributed by atoms with Gasteiger partial charge in [-0.3, -0.25) is 13.6 Å². The van der Waals surface area contributed by atoms with Crippen molar-refractivity contribution < 1.29 is 41.8 Å². The number of hydrogen-bond acceptors (Lipinski definition) is 9. The molecule has 10 heteroatoms. The first kappa shape index (κ1) is 41.4. The van der Waals surface area contributed by atoms with Crippen molar-refractivity contribution in [1.29, 1.82) is 0 Å². The van der Waals surface area contributed by atoms with Crippen molar-refractivity contribution in [1.82, 2.24) is 0 Å². The van der Waals surface area contributed by atoms with E-state index < -0.39 is 38.5 Å². The number of phosphoric ester groups is 1. The van der Waals surface area contributed by atoms with Crippen molar-refractivity contribution in [2.45, 2.75) is 70.3 Å². The Hall–Kier alpha value is -4.77.